The first kappa shape index (κ1) is 19.4. The summed E-state index contributed by atoms with van der Waals surface area (Å²) in [5, 5.41) is 1.04. The summed E-state index contributed by atoms with van der Waals surface area (Å²) in [4.78, 5) is 9.43. The summed E-state index contributed by atoms with van der Waals surface area (Å²) < 4.78 is 13.1. The molecule has 2 heterocycles. The standard InChI is InChI=1S/C23H26N4O2/c1-3-29-15-20-26-21-22(27(20)12-7-13-28-2)18-11-10-17(14-19(18)25-23(21)24)16-8-5-4-6-9-16/h4-6,8-11,14H,3,7,12-13,15H2,1-2H3,(H2,24,25). The van der Waals surface area contributed by atoms with Gasteiger partial charge in [0.15, 0.2) is 5.82 Å². The zero-order chi connectivity index (χ0) is 20.2. The van der Waals surface area contributed by atoms with Crippen molar-refractivity contribution in [3.05, 3.63) is 54.4 Å². The van der Waals surface area contributed by atoms with Crippen LogP contribution in [0.5, 0.6) is 0 Å². The first-order valence-electron chi connectivity index (χ1n) is 9.93. The minimum atomic E-state index is 0.445. The number of nitrogens with zero attached hydrogens (tertiary/aromatic N) is 3. The molecular weight excluding hydrogens is 364 g/mol. The highest BCUT2D eigenvalue weighted by Gasteiger charge is 2.17. The van der Waals surface area contributed by atoms with Crippen LogP contribution in [0.2, 0.25) is 0 Å². The van der Waals surface area contributed by atoms with Crippen molar-refractivity contribution in [1.29, 1.82) is 0 Å². The van der Waals surface area contributed by atoms with Gasteiger partial charge in [0.1, 0.15) is 17.9 Å². The molecule has 150 valence electrons. The molecule has 4 aromatic rings. The summed E-state index contributed by atoms with van der Waals surface area (Å²) in [7, 11) is 1.72. The number of ether oxygens (including phenoxy) is 2. The van der Waals surface area contributed by atoms with Crippen molar-refractivity contribution in [2.45, 2.75) is 26.5 Å². The number of hydrogen-bond donors (Lipinski definition) is 1. The van der Waals surface area contributed by atoms with Crippen LogP contribution in [0.15, 0.2) is 48.5 Å². The molecule has 29 heavy (non-hydrogen) atoms. The Hall–Kier alpha value is -2.96. The first-order chi connectivity index (χ1) is 14.2. The van der Waals surface area contributed by atoms with Crippen LogP contribution in [0.3, 0.4) is 0 Å². The molecule has 6 nitrogen and oxygen atoms in total. The van der Waals surface area contributed by atoms with Gasteiger partial charge in [-0.2, -0.15) is 0 Å². The number of nitrogens with two attached hydrogens (primary N) is 1. The molecule has 0 saturated heterocycles. The highest BCUT2D eigenvalue weighted by atomic mass is 16.5. The van der Waals surface area contributed by atoms with Crippen LogP contribution in [0.1, 0.15) is 19.2 Å². The molecule has 0 aliphatic heterocycles. The van der Waals surface area contributed by atoms with Crippen molar-refractivity contribution in [2.75, 3.05) is 26.1 Å². The van der Waals surface area contributed by atoms with Gasteiger partial charge in [-0.15, -0.1) is 0 Å². The van der Waals surface area contributed by atoms with Gasteiger partial charge in [-0.1, -0.05) is 42.5 Å². The Kier molecular flexibility index (Phi) is 5.74. The molecule has 0 saturated carbocycles. The predicted molar refractivity (Wildman–Crippen MR) is 117 cm³/mol. The number of pyridine rings is 1. The van der Waals surface area contributed by atoms with Gasteiger partial charge in [-0.3, -0.25) is 0 Å². The molecule has 4 rings (SSSR count). The van der Waals surface area contributed by atoms with Gasteiger partial charge >= 0.3 is 0 Å². The Morgan fingerprint density at radius 2 is 1.86 bits per heavy atom. The lowest BCUT2D eigenvalue weighted by Gasteiger charge is -2.11. The van der Waals surface area contributed by atoms with Gasteiger partial charge in [0, 0.05) is 32.3 Å². The number of fused-ring (bicyclic) bond motifs is 3. The quantitative estimate of drug-likeness (QED) is 0.451. The second kappa shape index (κ2) is 8.59. The lowest BCUT2D eigenvalue weighted by Crippen LogP contribution is -2.08. The second-order valence-corrected chi connectivity index (χ2v) is 6.96. The maximum atomic E-state index is 6.32. The van der Waals surface area contributed by atoms with Gasteiger partial charge in [0.25, 0.3) is 0 Å². The van der Waals surface area contributed by atoms with E-state index in [4.69, 9.17) is 20.2 Å². The van der Waals surface area contributed by atoms with Crippen LogP contribution in [0, 0.1) is 0 Å². The number of imidazole rings is 1. The molecule has 0 aliphatic rings. The Morgan fingerprint density at radius 3 is 2.62 bits per heavy atom. The average molecular weight is 390 g/mol. The number of methoxy groups -OCH3 is 1. The number of aromatic nitrogens is 3. The Bertz CT molecular complexity index is 1120. The third-order valence-electron chi connectivity index (χ3n) is 5.06. The summed E-state index contributed by atoms with van der Waals surface area (Å²) in [6.07, 6.45) is 0.882. The van der Waals surface area contributed by atoms with Crippen LogP contribution in [0.4, 0.5) is 5.82 Å². The number of rotatable bonds is 8. The lowest BCUT2D eigenvalue weighted by molar-refractivity contribution is 0.125. The highest BCUT2D eigenvalue weighted by Crippen LogP contribution is 2.32. The summed E-state index contributed by atoms with van der Waals surface area (Å²) in [6.45, 7) is 4.53. The second-order valence-electron chi connectivity index (χ2n) is 6.96. The third-order valence-corrected chi connectivity index (χ3v) is 5.06. The van der Waals surface area contributed by atoms with E-state index in [-0.39, 0.29) is 0 Å². The van der Waals surface area contributed by atoms with Crippen molar-refractivity contribution in [2.24, 2.45) is 0 Å². The predicted octanol–water partition coefficient (Wildman–Crippen LogP) is 4.41. The van der Waals surface area contributed by atoms with Crippen LogP contribution in [-0.2, 0) is 22.6 Å². The summed E-state index contributed by atoms with van der Waals surface area (Å²) in [5.74, 6) is 1.31. The van der Waals surface area contributed by atoms with Crippen LogP contribution >= 0.6 is 0 Å². The topological polar surface area (TPSA) is 75.2 Å². The van der Waals surface area contributed by atoms with Gasteiger partial charge in [0.05, 0.1) is 11.0 Å². The molecule has 0 atom stereocenters. The number of benzene rings is 2. The maximum Gasteiger partial charge on any atom is 0.152 e. The SMILES string of the molecule is CCOCc1nc2c(N)nc3cc(-c4ccccc4)ccc3c2n1CCCOC. The Morgan fingerprint density at radius 1 is 1.03 bits per heavy atom. The van der Waals surface area contributed by atoms with E-state index in [2.05, 4.69) is 39.9 Å². The van der Waals surface area contributed by atoms with Crippen molar-refractivity contribution in [1.82, 2.24) is 14.5 Å². The molecule has 0 unspecified atom stereocenters. The summed E-state index contributed by atoms with van der Waals surface area (Å²) >= 11 is 0. The molecular formula is C23H26N4O2. The molecule has 0 aliphatic carbocycles. The Labute approximate surface area is 170 Å². The maximum absolute atomic E-state index is 6.32. The molecule has 0 spiro atoms. The van der Waals surface area contributed by atoms with Crippen LogP contribution in [0.25, 0.3) is 33.1 Å². The minimum Gasteiger partial charge on any atom is -0.385 e. The van der Waals surface area contributed by atoms with Crippen molar-refractivity contribution in [3.63, 3.8) is 0 Å². The van der Waals surface area contributed by atoms with E-state index in [1.165, 1.54) is 0 Å². The fraction of sp³-hybridized carbons (Fsp3) is 0.304. The number of anilines is 1. The number of nitrogen functional groups attached to an aromatic ring is 1. The molecule has 0 amide bonds. The molecule has 0 fully saturated rings. The van der Waals surface area contributed by atoms with Crippen molar-refractivity contribution in [3.8, 4) is 11.1 Å². The van der Waals surface area contributed by atoms with E-state index < -0.39 is 0 Å². The monoisotopic (exact) mass is 390 g/mol. The van der Waals surface area contributed by atoms with E-state index in [9.17, 15) is 0 Å². The zero-order valence-corrected chi connectivity index (χ0v) is 16.9. The van der Waals surface area contributed by atoms with Gasteiger partial charge < -0.3 is 19.8 Å². The minimum absolute atomic E-state index is 0.445. The molecule has 6 heteroatoms. The average Bonchev–Trinajstić information content (AvgIpc) is 3.12. The lowest BCUT2D eigenvalue weighted by atomic mass is 10.0. The molecule has 0 bridgehead atoms. The highest BCUT2D eigenvalue weighted by molar-refractivity contribution is 6.07. The molecule has 0 radical (unpaired) electrons. The van der Waals surface area contributed by atoms with Gasteiger partial charge in [-0.05, 0) is 30.5 Å². The van der Waals surface area contributed by atoms with E-state index in [1.807, 2.05) is 25.1 Å². The molecule has 2 N–H and O–H groups in total. The molecule has 2 aromatic carbocycles. The number of hydrogen-bond acceptors (Lipinski definition) is 5. The normalized spacial score (nSPS) is 11.5. The van der Waals surface area contributed by atoms with Crippen molar-refractivity contribution >= 4 is 27.8 Å². The zero-order valence-electron chi connectivity index (χ0n) is 16.9. The summed E-state index contributed by atoms with van der Waals surface area (Å²) in [6, 6.07) is 16.6. The van der Waals surface area contributed by atoms with Crippen LogP contribution < -0.4 is 5.73 Å². The number of aryl methyl sites for hydroxylation is 1. The first-order valence-corrected chi connectivity index (χ1v) is 9.93. The van der Waals surface area contributed by atoms with E-state index in [0.29, 0.717) is 25.6 Å². The van der Waals surface area contributed by atoms with E-state index in [0.717, 1.165) is 51.9 Å². The summed E-state index contributed by atoms with van der Waals surface area (Å²) in [5.41, 5.74) is 11.2. The van der Waals surface area contributed by atoms with Gasteiger partial charge in [0.2, 0.25) is 0 Å². The Balaban J connectivity index is 1.89. The fourth-order valence-corrected chi connectivity index (χ4v) is 3.68. The largest absolute Gasteiger partial charge is 0.385 e. The van der Waals surface area contributed by atoms with E-state index >= 15 is 0 Å². The fourth-order valence-electron chi connectivity index (χ4n) is 3.68. The van der Waals surface area contributed by atoms with Gasteiger partial charge in [-0.25, -0.2) is 9.97 Å². The smallest absolute Gasteiger partial charge is 0.152 e. The third kappa shape index (κ3) is 3.81. The molecule has 2 aromatic heterocycles. The van der Waals surface area contributed by atoms with Crippen LogP contribution in [-0.4, -0.2) is 34.9 Å². The van der Waals surface area contributed by atoms with Crippen molar-refractivity contribution < 1.29 is 9.47 Å². The van der Waals surface area contributed by atoms with E-state index in [1.54, 1.807) is 7.11 Å².